The third-order valence-corrected chi connectivity index (χ3v) is 9.40. The summed E-state index contributed by atoms with van der Waals surface area (Å²) in [5.41, 5.74) is 0.0836. The number of carbonyl (C=O) groups is 4. The van der Waals surface area contributed by atoms with Gasteiger partial charge in [0.25, 0.3) is 11.8 Å². The summed E-state index contributed by atoms with van der Waals surface area (Å²) in [5.74, 6) is -6.68. The van der Waals surface area contributed by atoms with Crippen molar-refractivity contribution < 1.29 is 28.7 Å². The van der Waals surface area contributed by atoms with Crippen molar-refractivity contribution in [3.05, 3.63) is 41.2 Å². The first-order valence-electron chi connectivity index (χ1n) is 11.4. The Hall–Kier alpha value is -2.45. The number of hydrogen-bond acceptors (Lipinski definition) is 5. The molecule has 1 saturated carbocycles. The van der Waals surface area contributed by atoms with E-state index in [4.69, 9.17) is 23.2 Å². The lowest BCUT2D eigenvalue weighted by Crippen LogP contribution is -2.60. The molecule has 2 heterocycles. The second-order valence-electron chi connectivity index (χ2n) is 10.9. The number of phenolic OH excluding ortho intramolecular Hbond substituents is 1. The second kappa shape index (κ2) is 7.29. The molecule has 2 saturated heterocycles. The van der Waals surface area contributed by atoms with Crippen LogP contribution < -0.4 is 0 Å². The summed E-state index contributed by atoms with van der Waals surface area (Å²) in [7, 11) is 1.29. The Balaban J connectivity index is 1.73. The number of hydrogen-bond donors (Lipinski definition) is 1. The first kappa shape index (κ1) is 24.3. The van der Waals surface area contributed by atoms with Crippen LogP contribution in [-0.4, -0.2) is 60.9 Å². The maximum atomic E-state index is 14.5. The average Bonchev–Trinajstić information content (AvgIpc) is 3.11. The summed E-state index contributed by atoms with van der Waals surface area (Å²) in [6.07, 6.45) is 1.91. The third-order valence-electron chi connectivity index (χ3n) is 7.99. The Morgan fingerprint density at radius 2 is 1.71 bits per heavy atom. The molecule has 0 bridgehead atoms. The highest BCUT2D eigenvalue weighted by molar-refractivity contribution is 6.53. The minimum Gasteiger partial charge on any atom is -0.505 e. The van der Waals surface area contributed by atoms with Crippen molar-refractivity contribution in [1.82, 2.24) is 9.80 Å². The zero-order chi connectivity index (χ0) is 25.8. The summed E-state index contributed by atoms with van der Waals surface area (Å²) < 4.78 is 14.5. The lowest BCUT2D eigenvalue weighted by atomic mass is 9.56. The number of rotatable bonds is 1. The zero-order valence-electron chi connectivity index (χ0n) is 19.6. The smallest absolute Gasteiger partial charge is 0.253 e. The number of aromatic hydroxyl groups is 1. The van der Waals surface area contributed by atoms with Crippen LogP contribution in [0.2, 0.25) is 0 Å². The van der Waals surface area contributed by atoms with E-state index in [9.17, 15) is 28.7 Å². The Morgan fingerprint density at radius 1 is 1.06 bits per heavy atom. The fourth-order valence-electron chi connectivity index (χ4n) is 6.48. The second-order valence-corrected chi connectivity index (χ2v) is 12.1. The lowest BCUT2D eigenvalue weighted by Gasteiger charge is -2.50. The minimum atomic E-state index is -1.98. The molecule has 0 aromatic heterocycles. The van der Waals surface area contributed by atoms with Crippen molar-refractivity contribution in [2.24, 2.45) is 17.8 Å². The predicted molar refractivity (Wildman–Crippen MR) is 125 cm³/mol. The number of likely N-dealkylation sites (tertiary alicyclic amines) is 2. The van der Waals surface area contributed by atoms with Crippen molar-refractivity contribution >= 4 is 46.8 Å². The van der Waals surface area contributed by atoms with E-state index in [1.165, 1.54) is 18.0 Å². The van der Waals surface area contributed by atoms with Crippen LogP contribution in [0.3, 0.4) is 0 Å². The van der Waals surface area contributed by atoms with Gasteiger partial charge in [-0.05, 0) is 57.2 Å². The van der Waals surface area contributed by atoms with E-state index in [2.05, 4.69) is 0 Å². The number of alkyl halides is 2. The maximum Gasteiger partial charge on any atom is 0.253 e. The molecule has 1 aromatic rings. The zero-order valence-corrected chi connectivity index (χ0v) is 21.2. The van der Waals surface area contributed by atoms with Gasteiger partial charge in [-0.3, -0.25) is 29.0 Å². The molecule has 10 heteroatoms. The average molecular weight is 523 g/mol. The molecule has 7 nitrogen and oxygen atoms in total. The highest BCUT2D eigenvalue weighted by Gasteiger charge is 2.76. The van der Waals surface area contributed by atoms with Gasteiger partial charge >= 0.3 is 0 Å². The van der Waals surface area contributed by atoms with Gasteiger partial charge in [0.05, 0.1) is 11.8 Å². The number of fused-ring (bicyclic) bond motifs is 4. The van der Waals surface area contributed by atoms with Crippen LogP contribution in [0.4, 0.5) is 4.39 Å². The van der Waals surface area contributed by atoms with Gasteiger partial charge in [-0.2, -0.15) is 0 Å². The van der Waals surface area contributed by atoms with Crippen molar-refractivity contribution in [2.75, 3.05) is 7.05 Å². The largest absolute Gasteiger partial charge is 0.505 e. The van der Waals surface area contributed by atoms with E-state index in [0.717, 1.165) is 17.0 Å². The molecule has 35 heavy (non-hydrogen) atoms. The molecule has 0 unspecified atom stereocenters. The minimum absolute atomic E-state index is 0.117. The number of halogens is 3. The maximum absolute atomic E-state index is 14.5. The number of amides is 4. The number of imide groups is 2. The molecule has 0 spiro atoms. The topological polar surface area (TPSA) is 95.0 Å². The van der Waals surface area contributed by atoms with E-state index in [-0.39, 0.29) is 30.2 Å². The molecule has 4 aliphatic rings. The van der Waals surface area contributed by atoms with Crippen LogP contribution in [0.25, 0.3) is 0 Å². The van der Waals surface area contributed by atoms with E-state index >= 15 is 0 Å². The quantitative estimate of drug-likeness (QED) is 0.346. The Labute approximate surface area is 211 Å². The lowest BCUT2D eigenvalue weighted by molar-refractivity contribution is -0.146. The van der Waals surface area contributed by atoms with Crippen LogP contribution >= 0.6 is 23.2 Å². The first-order valence-corrected chi connectivity index (χ1v) is 12.2. The highest BCUT2D eigenvalue weighted by atomic mass is 35.5. The molecule has 1 aromatic carbocycles. The number of carbonyl (C=O) groups excluding carboxylic acids is 4. The highest BCUT2D eigenvalue weighted by Crippen LogP contribution is 2.65. The Kier molecular flexibility index (Phi) is 5.05. The fraction of sp³-hybridized carbons (Fsp3) is 0.520. The number of allylic oxidation sites excluding steroid dienone is 2. The van der Waals surface area contributed by atoms with E-state index in [0.29, 0.717) is 5.57 Å². The van der Waals surface area contributed by atoms with Gasteiger partial charge < -0.3 is 5.11 Å². The number of phenols is 1. The van der Waals surface area contributed by atoms with Gasteiger partial charge in [-0.1, -0.05) is 17.7 Å². The molecule has 6 atom stereocenters. The van der Waals surface area contributed by atoms with Crippen LogP contribution in [0.5, 0.6) is 5.75 Å². The van der Waals surface area contributed by atoms with Crippen LogP contribution in [0.15, 0.2) is 29.8 Å². The van der Waals surface area contributed by atoms with Gasteiger partial charge in [-0.15, -0.1) is 23.2 Å². The standard InChI is InChI=1S/C25H25Cl2FN2O5/c1-23(2,3)30-19(32)13-7-6-12-14(17(13)20(30)33)10-24(26)21(34)29(4)22(35)25(24,27)18(12)11-5-8-16(31)15(28)9-11/h5-6,8-9,13-14,17-18,31H,7,10H2,1-4H3/t13-,14+,17-,18-,24+,25-/m0/s1. The summed E-state index contributed by atoms with van der Waals surface area (Å²) in [5, 5.41) is 9.74. The number of nitrogens with zero attached hydrogens (tertiary/aromatic N) is 2. The Morgan fingerprint density at radius 3 is 2.31 bits per heavy atom. The van der Waals surface area contributed by atoms with E-state index in [1.807, 2.05) is 0 Å². The van der Waals surface area contributed by atoms with Crippen molar-refractivity contribution in [3.63, 3.8) is 0 Å². The van der Waals surface area contributed by atoms with Gasteiger partial charge in [0.15, 0.2) is 21.3 Å². The normalized spacial score (nSPS) is 36.8. The van der Waals surface area contributed by atoms with Gasteiger partial charge in [-0.25, -0.2) is 4.39 Å². The molecule has 1 N–H and O–H groups in total. The molecule has 2 aliphatic heterocycles. The van der Waals surface area contributed by atoms with Gasteiger partial charge in [0.2, 0.25) is 11.8 Å². The molecule has 0 radical (unpaired) electrons. The summed E-state index contributed by atoms with van der Waals surface area (Å²) in [6.45, 7) is 5.33. The van der Waals surface area contributed by atoms with Crippen molar-refractivity contribution in [3.8, 4) is 5.75 Å². The SMILES string of the molecule is CN1C(=O)[C@]2(Cl)C[C@@H]3C(=CC[C@@H]4C(=O)N(C(C)(C)C)C(=O)[C@@H]43)[C@H](c3ccc(O)c(F)c3)[C@]2(Cl)C1=O. The Bertz CT molecular complexity index is 1240. The number of benzene rings is 1. The fourth-order valence-corrected chi connectivity index (χ4v) is 7.50. The van der Waals surface area contributed by atoms with Gasteiger partial charge in [0.1, 0.15) is 0 Å². The van der Waals surface area contributed by atoms with Crippen LogP contribution in [0.1, 0.15) is 45.1 Å². The van der Waals surface area contributed by atoms with E-state index < -0.39 is 62.3 Å². The van der Waals surface area contributed by atoms with Gasteiger partial charge in [0, 0.05) is 18.5 Å². The van der Waals surface area contributed by atoms with Crippen LogP contribution in [0, 0.1) is 23.6 Å². The van der Waals surface area contributed by atoms with Crippen LogP contribution in [-0.2, 0) is 19.2 Å². The summed E-state index contributed by atoms with van der Waals surface area (Å²) in [6, 6.07) is 3.64. The molecular weight excluding hydrogens is 498 g/mol. The summed E-state index contributed by atoms with van der Waals surface area (Å²) >= 11 is 14.0. The molecule has 5 rings (SSSR count). The first-order chi connectivity index (χ1) is 16.2. The molecule has 4 amide bonds. The molecule has 186 valence electrons. The molecular formula is C25H25Cl2FN2O5. The monoisotopic (exact) mass is 522 g/mol. The predicted octanol–water partition coefficient (Wildman–Crippen LogP) is 3.32. The molecule has 2 aliphatic carbocycles. The van der Waals surface area contributed by atoms with Crippen molar-refractivity contribution in [2.45, 2.75) is 54.8 Å². The molecule has 3 fully saturated rings. The van der Waals surface area contributed by atoms with E-state index in [1.54, 1.807) is 26.8 Å². The third kappa shape index (κ3) is 2.90. The summed E-state index contributed by atoms with van der Waals surface area (Å²) in [4.78, 5) is 51.8. The van der Waals surface area contributed by atoms with Crippen molar-refractivity contribution in [1.29, 1.82) is 0 Å².